The van der Waals surface area contributed by atoms with Crippen molar-refractivity contribution in [1.29, 1.82) is 0 Å². The first-order valence-electron chi connectivity index (χ1n) is 5.76. The fraction of sp³-hybridized carbons (Fsp3) is 0.538. The fourth-order valence-electron chi connectivity index (χ4n) is 2.33. The van der Waals surface area contributed by atoms with Crippen LogP contribution in [0.4, 0.5) is 0 Å². The van der Waals surface area contributed by atoms with E-state index in [1.807, 2.05) is 25.1 Å². The van der Waals surface area contributed by atoms with Gasteiger partial charge < -0.3 is 14.6 Å². The summed E-state index contributed by atoms with van der Waals surface area (Å²) in [6.45, 7) is 2.73. The van der Waals surface area contributed by atoms with Gasteiger partial charge >= 0.3 is 0 Å². The van der Waals surface area contributed by atoms with E-state index < -0.39 is 6.10 Å². The molecule has 2 rings (SSSR count). The summed E-state index contributed by atoms with van der Waals surface area (Å²) >= 11 is 3.42. The van der Waals surface area contributed by atoms with Gasteiger partial charge in [0.2, 0.25) is 0 Å². The van der Waals surface area contributed by atoms with E-state index in [9.17, 15) is 5.11 Å². The number of halogens is 1. The van der Waals surface area contributed by atoms with Crippen LogP contribution in [0.1, 0.15) is 25.0 Å². The zero-order valence-corrected chi connectivity index (χ0v) is 11.6. The summed E-state index contributed by atoms with van der Waals surface area (Å²) in [5, 5.41) is 10.4. The van der Waals surface area contributed by atoms with E-state index in [4.69, 9.17) is 9.47 Å². The van der Waals surface area contributed by atoms with Crippen LogP contribution in [0, 0.1) is 5.92 Å². The van der Waals surface area contributed by atoms with E-state index >= 15 is 0 Å². The van der Waals surface area contributed by atoms with Gasteiger partial charge in [0.25, 0.3) is 0 Å². The predicted octanol–water partition coefficient (Wildman–Crippen LogP) is 2.92. The van der Waals surface area contributed by atoms with Crippen LogP contribution in [-0.4, -0.2) is 24.9 Å². The molecule has 4 heteroatoms. The topological polar surface area (TPSA) is 38.7 Å². The molecular formula is C13H17BrO3. The molecule has 1 aromatic rings. The van der Waals surface area contributed by atoms with Crippen molar-refractivity contribution in [2.45, 2.75) is 25.6 Å². The molecule has 0 bridgehead atoms. The number of benzene rings is 1. The zero-order chi connectivity index (χ0) is 12.4. The number of hydrogen-bond donors (Lipinski definition) is 1. The van der Waals surface area contributed by atoms with Crippen LogP contribution in [0.25, 0.3) is 0 Å². The van der Waals surface area contributed by atoms with Crippen molar-refractivity contribution in [3.63, 3.8) is 0 Å². The maximum Gasteiger partial charge on any atom is 0.124 e. The van der Waals surface area contributed by atoms with Crippen molar-refractivity contribution in [2.75, 3.05) is 13.7 Å². The monoisotopic (exact) mass is 300 g/mol. The van der Waals surface area contributed by atoms with Gasteiger partial charge in [0.1, 0.15) is 5.75 Å². The Labute approximate surface area is 110 Å². The van der Waals surface area contributed by atoms with Gasteiger partial charge in [-0.3, -0.25) is 0 Å². The number of aliphatic hydroxyl groups excluding tert-OH is 1. The number of rotatable bonds is 3. The summed E-state index contributed by atoms with van der Waals surface area (Å²) in [5.41, 5.74) is 0.823. The summed E-state index contributed by atoms with van der Waals surface area (Å²) in [6.07, 6.45) is 0.437. The van der Waals surface area contributed by atoms with Crippen LogP contribution in [0.3, 0.4) is 0 Å². The van der Waals surface area contributed by atoms with Crippen molar-refractivity contribution < 1.29 is 14.6 Å². The summed E-state index contributed by atoms with van der Waals surface area (Å²) in [6, 6.07) is 5.68. The number of ether oxygens (including phenoxy) is 2. The maximum atomic E-state index is 10.4. The van der Waals surface area contributed by atoms with Gasteiger partial charge in [-0.2, -0.15) is 0 Å². The van der Waals surface area contributed by atoms with Crippen LogP contribution in [0.2, 0.25) is 0 Å². The molecule has 17 heavy (non-hydrogen) atoms. The Morgan fingerprint density at radius 2 is 2.29 bits per heavy atom. The molecule has 1 saturated heterocycles. The van der Waals surface area contributed by atoms with Gasteiger partial charge in [-0.25, -0.2) is 0 Å². The number of hydrogen-bond acceptors (Lipinski definition) is 3. The Morgan fingerprint density at radius 1 is 1.53 bits per heavy atom. The molecule has 3 nitrogen and oxygen atoms in total. The van der Waals surface area contributed by atoms with Gasteiger partial charge in [-0.15, -0.1) is 0 Å². The molecule has 94 valence electrons. The molecule has 1 aromatic carbocycles. The summed E-state index contributed by atoms with van der Waals surface area (Å²) in [4.78, 5) is 0. The van der Waals surface area contributed by atoms with Gasteiger partial charge in [0.15, 0.2) is 0 Å². The Morgan fingerprint density at radius 3 is 2.88 bits per heavy atom. The molecule has 3 atom stereocenters. The van der Waals surface area contributed by atoms with E-state index in [0.29, 0.717) is 0 Å². The minimum Gasteiger partial charge on any atom is -0.496 e. The highest BCUT2D eigenvalue weighted by atomic mass is 79.9. The van der Waals surface area contributed by atoms with Gasteiger partial charge in [0.05, 0.1) is 19.3 Å². The first kappa shape index (κ1) is 12.9. The Kier molecular flexibility index (Phi) is 4.07. The van der Waals surface area contributed by atoms with Crippen molar-refractivity contribution in [3.05, 3.63) is 28.2 Å². The Bertz CT molecular complexity index is 394. The molecule has 0 saturated carbocycles. The van der Waals surface area contributed by atoms with Crippen LogP contribution in [0.15, 0.2) is 22.7 Å². The van der Waals surface area contributed by atoms with Crippen molar-refractivity contribution in [1.82, 2.24) is 0 Å². The Hall–Kier alpha value is -0.580. The van der Waals surface area contributed by atoms with Crippen LogP contribution in [-0.2, 0) is 4.74 Å². The Balaban J connectivity index is 2.28. The third-order valence-corrected chi connectivity index (χ3v) is 3.84. The molecule has 0 aliphatic carbocycles. The van der Waals surface area contributed by atoms with Gasteiger partial charge in [-0.05, 0) is 31.5 Å². The fourth-order valence-corrected chi connectivity index (χ4v) is 2.71. The number of methoxy groups -OCH3 is 1. The lowest BCUT2D eigenvalue weighted by atomic mass is 9.90. The minimum absolute atomic E-state index is 0.0914. The predicted molar refractivity (Wildman–Crippen MR) is 69.2 cm³/mol. The van der Waals surface area contributed by atoms with Crippen LogP contribution < -0.4 is 4.74 Å². The van der Waals surface area contributed by atoms with Crippen molar-refractivity contribution in [3.8, 4) is 5.75 Å². The first-order chi connectivity index (χ1) is 8.13. The second-order valence-electron chi connectivity index (χ2n) is 4.36. The summed E-state index contributed by atoms with van der Waals surface area (Å²) < 4.78 is 11.7. The van der Waals surface area contributed by atoms with E-state index in [-0.39, 0.29) is 12.0 Å². The normalized spacial score (nSPS) is 25.9. The summed E-state index contributed by atoms with van der Waals surface area (Å²) in [5.74, 6) is 0.859. The first-order valence-corrected chi connectivity index (χ1v) is 6.56. The quantitative estimate of drug-likeness (QED) is 0.933. The van der Waals surface area contributed by atoms with Crippen molar-refractivity contribution in [2.24, 2.45) is 5.92 Å². The molecular weight excluding hydrogens is 284 g/mol. The van der Waals surface area contributed by atoms with E-state index in [2.05, 4.69) is 15.9 Å². The van der Waals surface area contributed by atoms with Gasteiger partial charge in [-0.1, -0.05) is 15.9 Å². The summed E-state index contributed by atoms with van der Waals surface area (Å²) in [7, 11) is 1.62. The van der Waals surface area contributed by atoms with Crippen LogP contribution >= 0.6 is 15.9 Å². The lowest BCUT2D eigenvalue weighted by Gasteiger charge is -2.23. The molecule has 0 aromatic heterocycles. The highest BCUT2D eigenvalue weighted by molar-refractivity contribution is 9.10. The molecule has 0 radical (unpaired) electrons. The van der Waals surface area contributed by atoms with E-state index in [1.165, 1.54) is 0 Å². The SMILES string of the molecule is COc1ccc(Br)cc1C(O)C1CCOC1C. The second kappa shape index (κ2) is 5.38. The largest absolute Gasteiger partial charge is 0.496 e. The molecule has 1 N–H and O–H groups in total. The molecule has 3 unspecified atom stereocenters. The third kappa shape index (κ3) is 2.64. The average molecular weight is 301 g/mol. The van der Waals surface area contributed by atoms with E-state index in [1.54, 1.807) is 7.11 Å². The third-order valence-electron chi connectivity index (χ3n) is 3.35. The van der Waals surface area contributed by atoms with E-state index in [0.717, 1.165) is 28.8 Å². The average Bonchev–Trinajstić information content (AvgIpc) is 2.74. The maximum absolute atomic E-state index is 10.4. The molecule has 0 spiro atoms. The second-order valence-corrected chi connectivity index (χ2v) is 5.28. The standard InChI is InChI=1S/C13H17BrO3/c1-8-10(5-6-17-8)13(15)11-7-9(14)3-4-12(11)16-2/h3-4,7-8,10,13,15H,5-6H2,1-2H3. The molecule has 1 aliphatic heterocycles. The van der Waals surface area contributed by atoms with Gasteiger partial charge in [0, 0.05) is 22.6 Å². The number of aliphatic hydroxyl groups is 1. The highest BCUT2D eigenvalue weighted by Crippen LogP contribution is 2.38. The zero-order valence-electron chi connectivity index (χ0n) is 10.0. The highest BCUT2D eigenvalue weighted by Gasteiger charge is 2.33. The molecule has 0 amide bonds. The molecule has 1 heterocycles. The van der Waals surface area contributed by atoms with Crippen LogP contribution in [0.5, 0.6) is 5.75 Å². The molecule has 1 aliphatic rings. The minimum atomic E-state index is -0.542. The lowest BCUT2D eigenvalue weighted by molar-refractivity contribution is 0.0420. The lowest BCUT2D eigenvalue weighted by Crippen LogP contribution is -2.20. The molecule has 1 fully saturated rings. The van der Waals surface area contributed by atoms with Crippen molar-refractivity contribution >= 4 is 15.9 Å². The smallest absolute Gasteiger partial charge is 0.124 e.